The molecule has 1 aromatic heterocycles. The quantitative estimate of drug-likeness (QED) is 0.918. The Kier molecular flexibility index (Phi) is 4.25. The third-order valence-electron chi connectivity index (χ3n) is 3.06. The zero-order valence-electron chi connectivity index (χ0n) is 11.8. The number of aryl methyl sites for hydroxylation is 3. The number of benzene rings is 1. The van der Waals surface area contributed by atoms with Gasteiger partial charge in [0.2, 0.25) is 10.0 Å². The van der Waals surface area contributed by atoms with Crippen LogP contribution in [0.1, 0.15) is 29.8 Å². The summed E-state index contributed by atoms with van der Waals surface area (Å²) in [5.74, 6) is 1.07. The van der Waals surface area contributed by atoms with Gasteiger partial charge in [-0.3, -0.25) is 0 Å². The molecule has 2 rings (SSSR count). The van der Waals surface area contributed by atoms with E-state index in [-0.39, 0.29) is 11.4 Å². The van der Waals surface area contributed by atoms with Crippen LogP contribution < -0.4 is 4.72 Å². The molecule has 0 aliphatic rings. The van der Waals surface area contributed by atoms with E-state index in [4.69, 9.17) is 4.42 Å². The predicted octanol–water partition coefficient (Wildman–Crippen LogP) is 2.33. The molecule has 0 spiro atoms. The van der Waals surface area contributed by atoms with Gasteiger partial charge in [0, 0.05) is 6.92 Å². The largest absolute Gasteiger partial charge is 0.444 e. The summed E-state index contributed by atoms with van der Waals surface area (Å²) in [4.78, 5) is 4.36. The van der Waals surface area contributed by atoms with Crippen molar-refractivity contribution in [3.8, 4) is 0 Å². The van der Waals surface area contributed by atoms with Crippen molar-refractivity contribution in [3.05, 3.63) is 47.2 Å². The number of hydrogen-bond donors (Lipinski definition) is 1. The second kappa shape index (κ2) is 5.76. The van der Waals surface area contributed by atoms with E-state index in [1.165, 1.54) is 0 Å². The first-order chi connectivity index (χ1) is 9.42. The van der Waals surface area contributed by atoms with E-state index in [1.807, 2.05) is 19.1 Å². The van der Waals surface area contributed by atoms with Gasteiger partial charge in [0.25, 0.3) is 0 Å². The second-order valence-electron chi connectivity index (χ2n) is 4.56. The van der Waals surface area contributed by atoms with Crippen LogP contribution in [0.5, 0.6) is 0 Å². The van der Waals surface area contributed by atoms with Gasteiger partial charge in [0.05, 0.1) is 17.1 Å². The molecule has 2 aromatic rings. The van der Waals surface area contributed by atoms with E-state index < -0.39 is 10.0 Å². The first-order valence-electron chi connectivity index (χ1n) is 6.44. The zero-order chi connectivity index (χ0) is 14.8. The van der Waals surface area contributed by atoms with Crippen LogP contribution in [0.4, 0.5) is 0 Å². The minimum Gasteiger partial charge on any atom is -0.444 e. The Morgan fingerprint density at radius 2 is 1.85 bits per heavy atom. The summed E-state index contributed by atoms with van der Waals surface area (Å²) in [7, 11) is -3.53. The predicted molar refractivity (Wildman–Crippen MR) is 75.8 cm³/mol. The summed E-state index contributed by atoms with van der Waals surface area (Å²) >= 11 is 0. The summed E-state index contributed by atoms with van der Waals surface area (Å²) in [5.41, 5.74) is 1.80. The molecule has 0 radical (unpaired) electrons. The number of hydrogen-bond acceptors (Lipinski definition) is 4. The summed E-state index contributed by atoms with van der Waals surface area (Å²) in [5, 5.41) is 0. The average molecular weight is 294 g/mol. The van der Waals surface area contributed by atoms with Gasteiger partial charge in [-0.15, -0.1) is 0 Å². The van der Waals surface area contributed by atoms with Gasteiger partial charge in [-0.1, -0.05) is 19.1 Å². The summed E-state index contributed by atoms with van der Waals surface area (Å²) in [6.07, 6.45) is 0.879. The second-order valence-corrected chi connectivity index (χ2v) is 6.33. The third kappa shape index (κ3) is 3.26. The molecule has 0 aliphatic carbocycles. The fourth-order valence-electron chi connectivity index (χ4n) is 1.89. The van der Waals surface area contributed by atoms with Gasteiger partial charge in [-0.2, -0.15) is 0 Å². The van der Waals surface area contributed by atoms with E-state index in [1.54, 1.807) is 26.0 Å². The van der Waals surface area contributed by atoms with Crippen LogP contribution in [0.15, 0.2) is 33.6 Å². The van der Waals surface area contributed by atoms with E-state index in [2.05, 4.69) is 9.71 Å². The Balaban J connectivity index is 2.12. The Hall–Kier alpha value is -1.66. The summed E-state index contributed by atoms with van der Waals surface area (Å²) in [6.45, 7) is 5.64. The van der Waals surface area contributed by atoms with Gasteiger partial charge >= 0.3 is 0 Å². The number of aromatic nitrogens is 1. The molecular weight excluding hydrogens is 276 g/mol. The molecule has 0 atom stereocenters. The van der Waals surface area contributed by atoms with E-state index in [9.17, 15) is 8.42 Å². The van der Waals surface area contributed by atoms with Crippen LogP contribution >= 0.6 is 0 Å². The van der Waals surface area contributed by atoms with Gasteiger partial charge in [0.15, 0.2) is 5.89 Å². The molecule has 0 aliphatic heterocycles. The third-order valence-corrected chi connectivity index (χ3v) is 4.48. The highest BCUT2D eigenvalue weighted by molar-refractivity contribution is 7.89. The van der Waals surface area contributed by atoms with Gasteiger partial charge in [0.1, 0.15) is 5.76 Å². The fourth-order valence-corrected chi connectivity index (χ4v) is 2.87. The smallest absolute Gasteiger partial charge is 0.240 e. The Morgan fingerprint density at radius 1 is 1.20 bits per heavy atom. The topological polar surface area (TPSA) is 72.2 Å². The van der Waals surface area contributed by atoms with Crippen LogP contribution in [0.3, 0.4) is 0 Å². The summed E-state index contributed by atoms with van der Waals surface area (Å²) in [6, 6.07) is 6.86. The highest BCUT2D eigenvalue weighted by atomic mass is 32.2. The molecule has 1 aromatic carbocycles. The lowest BCUT2D eigenvalue weighted by Crippen LogP contribution is -2.23. The SMILES string of the molecule is CCc1ccc(S(=O)(=O)NCc2oc(C)nc2C)cc1. The van der Waals surface area contributed by atoms with Crippen LogP contribution in [-0.2, 0) is 23.0 Å². The van der Waals surface area contributed by atoms with Crippen molar-refractivity contribution in [1.29, 1.82) is 0 Å². The van der Waals surface area contributed by atoms with Crippen LogP contribution in [0, 0.1) is 13.8 Å². The maximum absolute atomic E-state index is 12.2. The highest BCUT2D eigenvalue weighted by Crippen LogP contribution is 2.13. The minimum atomic E-state index is -3.53. The maximum atomic E-state index is 12.2. The van der Waals surface area contributed by atoms with Crippen LogP contribution in [-0.4, -0.2) is 13.4 Å². The standard InChI is InChI=1S/C14H18N2O3S/c1-4-12-5-7-13(8-6-12)20(17,18)15-9-14-10(2)16-11(3)19-14/h5-8,15H,4,9H2,1-3H3. The number of oxazole rings is 1. The van der Waals surface area contributed by atoms with Gasteiger partial charge in [-0.25, -0.2) is 18.1 Å². The monoisotopic (exact) mass is 294 g/mol. The van der Waals surface area contributed by atoms with Crippen LogP contribution in [0.25, 0.3) is 0 Å². The molecule has 6 heteroatoms. The Bertz CT molecular complexity index is 688. The van der Waals surface area contributed by atoms with Crippen molar-refractivity contribution in [3.63, 3.8) is 0 Å². The van der Waals surface area contributed by atoms with Gasteiger partial charge < -0.3 is 4.42 Å². The van der Waals surface area contributed by atoms with E-state index in [0.29, 0.717) is 17.3 Å². The number of sulfonamides is 1. The lowest BCUT2D eigenvalue weighted by Gasteiger charge is -2.06. The Labute approximate surface area is 119 Å². The molecule has 20 heavy (non-hydrogen) atoms. The number of nitrogens with one attached hydrogen (secondary N) is 1. The van der Waals surface area contributed by atoms with Gasteiger partial charge in [-0.05, 0) is 31.0 Å². The molecule has 108 valence electrons. The maximum Gasteiger partial charge on any atom is 0.240 e. The van der Waals surface area contributed by atoms with Crippen molar-refractivity contribution in [2.24, 2.45) is 0 Å². The summed E-state index contributed by atoms with van der Waals surface area (Å²) < 4.78 is 32.2. The zero-order valence-corrected chi connectivity index (χ0v) is 12.6. The number of rotatable bonds is 5. The Morgan fingerprint density at radius 3 is 2.35 bits per heavy atom. The van der Waals surface area contributed by atoms with Crippen molar-refractivity contribution >= 4 is 10.0 Å². The highest BCUT2D eigenvalue weighted by Gasteiger charge is 2.16. The average Bonchev–Trinajstić information content (AvgIpc) is 2.75. The van der Waals surface area contributed by atoms with Crippen molar-refractivity contribution in [2.45, 2.75) is 38.6 Å². The molecular formula is C14H18N2O3S. The van der Waals surface area contributed by atoms with Crippen molar-refractivity contribution < 1.29 is 12.8 Å². The normalized spacial score (nSPS) is 11.8. The van der Waals surface area contributed by atoms with Crippen molar-refractivity contribution in [2.75, 3.05) is 0 Å². The molecule has 0 bridgehead atoms. The van der Waals surface area contributed by atoms with Crippen LogP contribution in [0.2, 0.25) is 0 Å². The fraction of sp³-hybridized carbons (Fsp3) is 0.357. The molecule has 5 nitrogen and oxygen atoms in total. The molecule has 0 unspecified atom stereocenters. The molecule has 1 N–H and O–H groups in total. The van der Waals surface area contributed by atoms with E-state index in [0.717, 1.165) is 12.0 Å². The lowest BCUT2D eigenvalue weighted by atomic mass is 10.2. The van der Waals surface area contributed by atoms with E-state index >= 15 is 0 Å². The first kappa shape index (κ1) is 14.7. The number of nitrogens with zero attached hydrogens (tertiary/aromatic N) is 1. The molecule has 0 amide bonds. The minimum absolute atomic E-state index is 0.102. The first-order valence-corrected chi connectivity index (χ1v) is 7.92. The molecule has 1 heterocycles. The molecule has 0 saturated carbocycles. The van der Waals surface area contributed by atoms with Crippen molar-refractivity contribution in [1.82, 2.24) is 9.71 Å². The molecule has 0 saturated heterocycles. The molecule has 0 fully saturated rings. The lowest BCUT2D eigenvalue weighted by molar-refractivity contribution is 0.466.